The fourth-order valence-corrected chi connectivity index (χ4v) is 3.82. The summed E-state index contributed by atoms with van der Waals surface area (Å²) >= 11 is 0. The molecule has 2 N–H and O–H groups in total. The number of carbonyl (C=O) groups excluding carboxylic acids is 1. The number of rotatable bonds is 7. The van der Waals surface area contributed by atoms with Crippen LogP contribution >= 0.6 is 0 Å². The van der Waals surface area contributed by atoms with Crippen LogP contribution in [0.5, 0.6) is 0 Å². The Morgan fingerprint density at radius 3 is 2.86 bits per heavy atom. The van der Waals surface area contributed by atoms with Gasteiger partial charge in [0.05, 0.1) is 6.04 Å². The Kier molecular flexibility index (Phi) is 6.97. The van der Waals surface area contributed by atoms with Crippen LogP contribution in [0.25, 0.3) is 0 Å². The lowest BCUT2D eigenvalue weighted by atomic mass is 9.93. The molecule has 0 aliphatic carbocycles. The molecule has 0 saturated carbocycles. The second-order valence-electron chi connectivity index (χ2n) is 6.68. The summed E-state index contributed by atoms with van der Waals surface area (Å²) in [6.45, 7) is 7.33. The first-order chi connectivity index (χ1) is 10.2. The standard InChI is InChI=1S/C17H33N3O/c1-3-4-6-11-19-17(21)14(2)20-13-7-5-10-16(20)15-9-8-12-18-15/h14-16,18H,3-13H2,1-2H3,(H,19,21). The van der Waals surface area contributed by atoms with Gasteiger partial charge >= 0.3 is 0 Å². The highest BCUT2D eigenvalue weighted by Gasteiger charge is 2.35. The largest absolute Gasteiger partial charge is 0.355 e. The lowest BCUT2D eigenvalue weighted by molar-refractivity contribution is -0.127. The molecule has 0 aromatic carbocycles. The van der Waals surface area contributed by atoms with Crippen LogP contribution in [-0.4, -0.2) is 48.6 Å². The summed E-state index contributed by atoms with van der Waals surface area (Å²) in [7, 11) is 0. The quantitative estimate of drug-likeness (QED) is 0.708. The highest BCUT2D eigenvalue weighted by atomic mass is 16.2. The fourth-order valence-electron chi connectivity index (χ4n) is 3.82. The van der Waals surface area contributed by atoms with Crippen LogP contribution in [0.2, 0.25) is 0 Å². The Balaban J connectivity index is 1.85. The molecular formula is C17H33N3O. The van der Waals surface area contributed by atoms with Crippen molar-refractivity contribution in [2.24, 2.45) is 0 Å². The molecule has 2 heterocycles. The molecule has 1 amide bonds. The maximum absolute atomic E-state index is 12.4. The van der Waals surface area contributed by atoms with Crippen LogP contribution in [0.3, 0.4) is 0 Å². The van der Waals surface area contributed by atoms with Crippen molar-refractivity contribution in [1.29, 1.82) is 0 Å². The summed E-state index contributed by atoms with van der Waals surface area (Å²) in [6, 6.07) is 1.16. The molecule has 3 atom stereocenters. The summed E-state index contributed by atoms with van der Waals surface area (Å²) in [6.07, 6.45) is 9.84. The molecule has 4 heteroatoms. The van der Waals surface area contributed by atoms with Crippen molar-refractivity contribution in [3.8, 4) is 0 Å². The van der Waals surface area contributed by atoms with E-state index in [1.165, 1.54) is 44.9 Å². The normalized spacial score (nSPS) is 28.5. The molecule has 2 rings (SSSR count). The van der Waals surface area contributed by atoms with Crippen LogP contribution in [0, 0.1) is 0 Å². The molecule has 122 valence electrons. The maximum Gasteiger partial charge on any atom is 0.237 e. The number of nitrogens with zero attached hydrogens (tertiary/aromatic N) is 1. The highest BCUT2D eigenvalue weighted by molar-refractivity contribution is 5.81. The third kappa shape index (κ3) is 4.68. The van der Waals surface area contributed by atoms with Crippen LogP contribution in [0.15, 0.2) is 0 Å². The number of hydrogen-bond donors (Lipinski definition) is 2. The third-order valence-electron chi connectivity index (χ3n) is 5.11. The van der Waals surface area contributed by atoms with Gasteiger partial charge in [-0.3, -0.25) is 9.69 Å². The number of unbranched alkanes of at least 4 members (excludes halogenated alkanes) is 2. The smallest absolute Gasteiger partial charge is 0.237 e. The molecule has 0 aromatic heterocycles. The lowest BCUT2D eigenvalue weighted by Crippen LogP contribution is -2.57. The zero-order valence-electron chi connectivity index (χ0n) is 13.9. The predicted molar refractivity (Wildman–Crippen MR) is 87.4 cm³/mol. The topological polar surface area (TPSA) is 44.4 Å². The summed E-state index contributed by atoms with van der Waals surface area (Å²) in [4.78, 5) is 14.9. The molecule has 0 spiro atoms. The van der Waals surface area contributed by atoms with Gasteiger partial charge in [-0.2, -0.15) is 0 Å². The molecule has 3 unspecified atom stereocenters. The average Bonchev–Trinajstić information content (AvgIpc) is 3.05. The van der Waals surface area contributed by atoms with Crippen molar-refractivity contribution in [3.63, 3.8) is 0 Å². The van der Waals surface area contributed by atoms with E-state index >= 15 is 0 Å². The van der Waals surface area contributed by atoms with E-state index in [-0.39, 0.29) is 11.9 Å². The summed E-state index contributed by atoms with van der Waals surface area (Å²) in [5.41, 5.74) is 0. The van der Waals surface area contributed by atoms with E-state index < -0.39 is 0 Å². The Bertz CT molecular complexity index is 315. The molecular weight excluding hydrogens is 262 g/mol. The van der Waals surface area contributed by atoms with Gasteiger partial charge in [-0.15, -0.1) is 0 Å². The van der Waals surface area contributed by atoms with Crippen molar-refractivity contribution in [1.82, 2.24) is 15.5 Å². The number of hydrogen-bond acceptors (Lipinski definition) is 3. The predicted octanol–water partition coefficient (Wildman–Crippen LogP) is 2.29. The van der Waals surface area contributed by atoms with Crippen molar-refractivity contribution < 1.29 is 4.79 Å². The molecule has 2 aliphatic heterocycles. The number of likely N-dealkylation sites (tertiary alicyclic amines) is 1. The monoisotopic (exact) mass is 295 g/mol. The number of carbonyl (C=O) groups is 1. The van der Waals surface area contributed by atoms with Crippen LogP contribution in [-0.2, 0) is 4.79 Å². The molecule has 0 radical (unpaired) electrons. The Morgan fingerprint density at radius 2 is 2.14 bits per heavy atom. The van der Waals surface area contributed by atoms with Gasteiger partial charge in [0.1, 0.15) is 0 Å². The fraction of sp³-hybridized carbons (Fsp3) is 0.941. The molecule has 2 fully saturated rings. The van der Waals surface area contributed by atoms with E-state index in [0.717, 1.165) is 26.1 Å². The van der Waals surface area contributed by atoms with Crippen LogP contribution in [0.1, 0.15) is 65.2 Å². The van der Waals surface area contributed by atoms with Crippen LogP contribution in [0.4, 0.5) is 0 Å². The van der Waals surface area contributed by atoms with E-state index in [1.807, 2.05) is 0 Å². The molecule has 2 aliphatic rings. The van der Waals surface area contributed by atoms with Gasteiger partial charge < -0.3 is 10.6 Å². The Hall–Kier alpha value is -0.610. The van der Waals surface area contributed by atoms with Crippen molar-refractivity contribution in [2.75, 3.05) is 19.6 Å². The van der Waals surface area contributed by atoms with Gasteiger partial charge in [0.25, 0.3) is 0 Å². The third-order valence-corrected chi connectivity index (χ3v) is 5.11. The lowest BCUT2D eigenvalue weighted by Gasteiger charge is -2.42. The van der Waals surface area contributed by atoms with E-state index in [2.05, 4.69) is 29.4 Å². The summed E-state index contributed by atoms with van der Waals surface area (Å²) in [5, 5.41) is 6.76. The molecule has 4 nitrogen and oxygen atoms in total. The van der Waals surface area contributed by atoms with E-state index in [0.29, 0.717) is 12.1 Å². The first kappa shape index (κ1) is 16.8. The summed E-state index contributed by atoms with van der Waals surface area (Å²) < 4.78 is 0. The number of amides is 1. The first-order valence-corrected chi connectivity index (χ1v) is 9.01. The van der Waals surface area contributed by atoms with Crippen LogP contribution < -0.4 is 10.6 Å². The van der Waals surface area contributed by atoms with Gasteiger partial charge in [-0.05, 0) is 52.1 Å². The zero-order chi connectivity index (χ0) is 15.1. The Labute approximate surface area is 130 Å². The van der Waals surface area contributed by atoms with Gasteiger partial charge in [0.15, 0.2) is 0 Å². The van der Waals surface area contributed by atoms with Crippen molar-refractivity contribution >= 4 is 5.91 Å². The summed E-state index contributed by atoms with van der Waals surface area (Å²) in [5.74, 6) is 0.219. The Morgan fingerprint density at radius 1 is 1.29 bits per heavy atom. The minimum atomic E-state index is 0.0133. The van der Waals surface area contributed by atoms with Crippen molar-refractivity contribution in [3.05, 3.63) is 0 Å². The molecule has 0 bridgehead atoms. The van der Waals surface area contributed by atoms with E-state index in [4.69, 9.17) is 0 Å². The van der Waals surface area contributed by atoms with E-state index in [9.17, 15) is 4.79 Å². The maximum atomic E-state index is 12.4. The van der Waals surface area contributed by atoms with Gasteiger partial charge in [-0.1, -0.05) is 26.2 Å². The van der Waals surface area contributed by atoms with E-state index in [1.54, 1.807) is 0 Å². The minimum Gasteiger partial charge on any atom is -0.355 e. The first-order valence-electron chi connectivity index (χ1n) is 9.01. The van der Waals surface area contributed by atoms with Crippen molar-refractivity contribution in [2.45, 2.75) is 83.3 Å². The van der Waals surface area contributed by atoms with Gasteiger partial charge in [-0.25, -0.2) is 0 Å². The SMILES string of the molecule is CCCCCNC(=O)C(C)N1CCCCC1C1CCCN1. The second kappa shape index (κ2) is 8.74. The molecule has 0 aromatic rings. The van der Waals surface area contributed by atoms with Gasteiger partial charge in [0.2, 0.25) is 5.91 Å². The average molecular weight is 295 g/mol. The minimum absolute atomic E-state index is 0.0133. The zero-order valence-corrected chi connectivity index (χ0v) is 13.9. The second-order valence-corrected chi connectivity index (χ2v) is 6.68. The van der Waals surface area contributed by atoms with Gasteiger partial charge in [0, 0.05) is 18.6 Å². The highest BCUT2D eigenvalue weighted by Crippen LogP contribution is 2.26. The number of piperidine rings is 1. The molecule has 21 heavy (non-hydrogen) atoms. The number of nitrogens with one attached hydrogen (secondary N) is 2. The molecule has 2 saturated heterocycles.